The number of benzene rings is 2. The van der Waals surface area contributed by atoms with Gasteiger partial charge in [-0.2, -0.15) is 0 Å². The fourth-order valence-corrected chi connectivity index (χ4v) is 2.97. The van der Waals surface area contributed by atoms with Gasteiger partial charge in [-0.1, -0.05) is 15.9 Å². The summed E-state index contributed by atoms with van der Waals surface area (Å²) in [5.74, 6) is 0.351. The maximum absolute atomic E-state index is 12.0. The lowest BCUT2D eigenvalue weighted by Crippen LogP contribution is -2.40. The molecular formula is C19H21BrN2O3S. The summed E-state index contributed by atoms with van der Waals surface area (Å²) < 4.78 is 6.33. The van der Waals surface area contributed by atoms with E-state index in [-0.39, 0.29) is 23.8 Å². The highest BCUT2D eigenvalue weighted by Crippen LogP contribution is 2.22. The fraction of sp³-hybridized carbons (Fsp3) is 0.263. The second-order valence-corrected chi connectivity index (χ2v) is 7.84. The van der Waals surface area contributed by atoms with Gasteiger partial charge in [-0.3, -0.25) is 9.69 Å². The molecular weight excluding hydrogens is 416 g/mol. The van der Waals surface area contributed by atoms with Crippen LogP contribution in [0.25, 0.3) is 0 Å². The van der Waals surface area contributed by atoms with Crippen molar-refractivity contribution in [3.8, 4) is 5.75 Å². The Balaban J connectivity index is 1.86. The molecule has 0 unspecified atom stereocenters. The van der Waals surface area contributed by atoms with Crippen LogP contribution in [0.3, 0.4) is 0 Å². The standard InChI is InChI=1S/C19H21BrN2O3S/c1-13(2)21-19(24)22(3)15-6-8-16(9-7-15)25-18(23)12-26-17-10-4-14(20)5-11-17/h4-11,13H,12H2,1-3H3,(H,21,24). The first kappa shape index (κ1) is 20.3. The van der Waals surface area contributed by atoms with E-state index in [9.17, 15) is 9.59 Å². The number of hydrogen-bond acceptors (Lipinski definition) is 4. The summed E-state index contributed by atoms with van der Waals surface area (Å²) in [7, 11) is 1.69. The van der Waals surface area contributed by atoms with Crippen LogP contribution in [0, 0.1) is 0 Å². The summed E-state index contributed by atoms with van der Waals surface area (Å²) in [4.78, 5) is 26.5. The normalized spacial score (nSPS) is 10.5. The number of urea groups is 1. The quantitative estimate of drug-likeness (QED) is 0.404. The molecule has 0 heterocycles. The van der Waals surface area contributed by atoms with Crippen LogP contribution in [-0.4, -0.2) is 30.8 Å². The zero-order chi connectivity index (χ0) is 19.1. The molecule has 0 aliphatic carbocycles. The first-order chi connectivity index (χ1) is 12.3. The molecule has 0 aliphatic rings. The Labute approximate surface area is 166 Å². The van der Waals surface area contributed by atoms with E-state index in [0.717, 1.165) is 9.37 Å². The van der Waals surface area contributed by atoms with Crippen molar-refractivity contribution >= 4 is 45.4 Å². The number of carbonyl (C=O) groups is 2. The van der Waals surface area contributed by atoms with Gasteiger partial charge in [-0.25, -0.2) is 4.79 Å². The van der Waals surface area contributed by atoms with Crippen LogP contribution in [0.4, 0.5) is 10.5 Å². The van der Waals surface area contributed by atoms with Gasteiger partial charge < -0.3 is 10.1 Å². The van der Waals surface area contributed by atoms with Gasteiger partial charge in [0.2, 0.25) is 0 Å². The zero-order valence-electron chi connectivity index (χ0n) is 14.9. The number of nitrogens with one attached hydrogen (secondary N) is 1. The van der Waals surface area contributed by atoms with Gasteiger partial charge in [-0.05, 0) is 62.4 Å². The van der Waals surface area contributed by atoms with Gasteiger partial charge in [0.05, 0.1) is 5.75 Å². The lowest BCUT2D eigenvalue weighted by molar-refractivity contribution is -0.131. The third kappa shape index (κ3) is 6.38. The maximum atomic E-state index is 12.0. The number of ether oxygens (including phenoxy) is 1. The molecule has 0 radical (unpaired) electrons. The highest BCUT2D eigenvalue weighted by atomic mass is 79.9. The lowest BCUT2D eigenvalue weighted by atomic mass is 10.3. The largest absolute Gasteiger partial charge is 0.426 e. The van der Waals surface area contributed by atoms with Gasteiger partial charge in [0.25, 0.3) is 0 Å². The summed E-state index contributed by atoms with van der Waals surface area (Å²) in [6.45, 7) is 3.81. The number of anilines is 1. The average Bonchev–Trinajstić information content (AvgIpc) is 2.60. The molecule has 7 heteroatoms. The topological polar surface area (TPSA) is 58.6 Å². The van der Waals surface area contributed by atoms with Crippen LogP contribution in [0.5, 0.6) is 5.75 Å². The van der Waals surface area contributed by atoms with Crippen LogP contribution < -0.4 is 15.0 Å². The van der Waals surface area contributed by atoms with Crippen molar-refractivity contribution in [3.63, 3.8) is 0 Å². The van der Waals surface area contributed by atoms with Crippen LogP contribution in [-0.2, 0) is 4.79 Å². The Kier molecular flexibility index (Phi) is 7.53. The Morgan fingerprint density at radius 2 is 1.73 bits per heavy atom. The molecule has 2 aromatic carbocycles. The Morgan fingerprint density at radius 3 is 2.31 bits per heavy atom. The van der Waals surface area contributed by atoms with E-state index in [1.54, 1.807) is 31.3 Å². The second kappa shape index (κ2) is 9.64. The molecule has 0 aromatic heterocycles. The number of rotatable bonds is 6. The van der Waals surface area contributed by atoms with Gasteiger partial charge in [0.15, 0.2) is 0 Å². The SMILES string of the molecule is CC(C)NC(=O)N(C)c1ccc(OC(=O)CSc2ccc(Br)cc2)cc1. The van der Waals surface area contributed by atoms with Crippen molar-refractivity contribution < 1.29 is 14.3 Å². The lowest BCUT2D eigenvalue weighted by Gasteiger charge is -2.20. The molecule has 0 atom stereocenters. The molecule has 0 aliphatic heterocycles. The predicted octanol–water partition coefficient (Wildman–Crippen LogP) is 4.70. The second-order valence-electron chi connectivity index (χ2n) is 5.87. The minimum atomic E-state index is -0.323. The summed E-state index contributed by atoms with van der Waals surface area (Å²) >= 11 is 4.79. The molecule has 2 aromatic rings. The van der Waals surface area contributed by atoms with Gasteiger partial charge in [0.1, 0.15) is 5.75 Å². The van der Waals surface area contributed by atoms with Gasteiger partial charge in [0, 0.05) is 28.1 Å². The zero-order valence-corrected chi connectivity index (χ0v) is 17.3. The van der Waals surface area contributed by atoms with Crippen molar-refractivity contribution in [1.29, 1.82) is 0 Å². The van der Waals surface area contributed by atoms with Crippen LogP contribution in [0.1, 0.15) is 13.8 Å². The highest BCUT2D eigenvalue weighted by molar-refractivity contribution is 9.10. The van der Waals surface area contributed by atoms with E-state index in [0.29, 0.717) is 11.4 Å². The Morgan fingerprint density at radius 1 is 1.12 bits per heavy atom. The molecule has 5 nitrogen and oxygen atoms in total. The Bertz CT molecular complexity index is 748. The Hall–Kier alpha value is -1.99. The van der Waals surface area contributed by atoms with Crippen molar-refractivity contribution in [2.75, 3.05) is 17.7 Å². The van der Waals surface area contributed by atoms with E-state index >= 15 is 0 Å². The average molecular weight is 437 g/mol. The first-order valence-corrected chi connectivity index (χ1v) is 9.86. The predicted molar refractivity (Wildman–Crippen MR) is 109 cm³/mol. The molecule has 138 valence electrons. The van der Waals surface area contributed by atoms with Crippen LogP contribution in [0.2, 0.25) is 0 Å². The molecule has 0 bridgehead atoms. The van der Waals surface area contributed by atoms with Crippen LogP contribution in [0.15, 0.2) is 57.9 Å². The number of carbonyl (C=O) groups excluding carboxylic acids is 2. The molecule has 0 saturated carbocycles. The summed E-state index contributed by atoms with van der Waals surface area (Å²) in [5, 5.41) is 2.82. The van der Waals surface area contributed by atoms with E-state index in [4.69, 9.17) is 4.74 Å². The third-order valence-electron chi connectivity index (χ3n) is 3.34. The van der Waals surface area contributed by atoms with Gasteiger partial charge in [-0.15, -0.1) is 11.8 Å². The number of hydrogen-bond donors (Lipinski definition) is 1. The fourth-order valence-electron chi connectivity index (χ4n) is 2.03. The minimum absolute atomic E-state index is 0.0633. The van der Waals surface area contributed by atoms with Crippen molar-refractivity contribution in [1.82, 2.24) is 5.32 Å². The molecule has 0 fully saturated rings. The van der Waals surface area contributed by atoms with E-state index in [1.807, 2.05) is 38.1 Å². The van der Waals surface area contributed by atoms with Gasteiger partial charge >= 0.3 is 12.0 Å². The van der Waals surface area contributed by atoms with E-state index in [1.165, 1.54) is 16.7 Å². The number of thioether (sulfide) groups is 1. The maximum Gasteiger partial charge on any atom is 0.321 e. The highest BCUT2D eigenvalue weighted by Gasteiger charge is 2.12. The number of esters is 1. The number of nitrogens with zero attached hydrogens (tertiary/aromatic N) is 1. The molecule has 26 heavy (non-hydrogen) atoms. The smallest absolute Gasteiger partial charge is 0.321 e. The van der Waals surface area contributed by atoms with Crippen molar-refractivity contribution in [2.45, 2.75) is 24.8 Å². The third-order valence-corrected chi connectivity index (χ3v) is 4.86. The molecule has 2 rings (SSSR count). The summed E-state index contributed by atoms with van der Waals surface area (Å²) in [6.07, 6.45) is 0. The number of amides is 2. The number of halogens is 1. The minimum Gasteiger partial charge on any atom is -0.426 e. The van der Waals surface area contributed by atoms with Crippen LogP contribution >= 0.6 is 27.7 Å². The van der Waals surface area contributed by atoms with E-state index < -0.39 is 0 Å². The molecule has 0 saturated heterocycles. The molecule has 1 N–H and O–H groups in total. The summed E-state index contributed by atoms with van der Waals surface area (Å²) in [6, 6.07) is 14.5. The first-order valence-electron chi connectivity index (χ1n) is 8.08. The van der Waals surface area contributed by atoms with Crippen molar-refractivity contribution in [3.05, 3.63) is 53.0 Å². The molecule has 2 amide bonds. The molecule has 0 spiro atoms. The monoisotopic (exact) mass is 436 g/mol. The van der Waals surface area contributed by atoms with Crippen molar-refractivity contribution in [2.24, 2.45) is 0 Å². The van der Waals surface area contributed by atoms with E-state index in [2.05, 4.69) is 21.2 Å². The summed E-state index contributed by atoms with van der Waals surface area (Å²) in [5.41, 5.74) is 0.715.